The predicted octanol–water partition coefficient (Wildman–Crippen LogP) is -0.463. The Hall–Kier alpha value is -1.72. The highest BCUT2D eigenvalue weighted by Crippen LogP contribution is 1.98. The summed E-state index contributed by atoms with van der Waals surface area (Å²) in [5, 5.41) is 18.8. The summed E-state index contributed by atoms with van der Waals surface area (Å²) in [4.78, 5) is 10.2. The Kier molecular flexibility index (Phi) is 1.95. The van der Waals surface area contributed by atoms with Gasteiger partial charge in [-0.05, 0) is 17.4 Å². The van der Waals surface area contributed by atoms with E-state index >= 15 is 0 Å². The number of carbonyl (C=O) groups excluding carboxylic acids is 1. The molecule has 1 heterocycles. The van der Waals surface area contributed by atoms with Gasteiger partial charge in [-0.15, -0.1) is 5.10 Å². The molecule has 0 aliphatic carbocycles. The van der Waals surface area contributed by atoms with Gasteiger partial charge in [0.25, 0.3) is 0 Å². The van der Waals surface area contributed by atoms with Crippen molar-refractivity contribution in [3.05, 3.63) is 12.1 Å². The first-order valence-electron chi connectivity index (χ1n) is 2.84. The molecule has 1 rings (SSSR count). The normalized spacial score (nSPS) is 11.5. The molecule has 0 aliphatic heterocycles. The molecule has 0 aliphatic rings. The fraction of sp³-hybridized carbons (Fsp3) is 0.200. The number of aromatic nitrogens is 4. The van der Waals surface area contributed by atoms with Crippen molar-refractivity contribution < 1.29 is 9.90 Å². The van der Waals surface area contributed by atoms with E-state index in [9.17, 15) is 4.79 Å². The molecule has 0 amide bonds. The Morgan fingerprint density at radius 1 is 1.73 bits per heavy atom. The van der Waals surface area contributed by atoms with E-state index in [1.54, 1.807) is 6.92 Å². The maximum Gasteiger partial charge on any atom is 0.171 e. The SMILES string of the molecule is Cc1nnnn1/C(C=O)=C\O. The maximum atomic E-state index is 10.2. The van der Waals surface area contributed by atoms with Crippen LogP contribution in [0.1, 0.15) is 5.82 Å². The zero-order valence-electron chi connectivity index (χ0n) is 5.80. The number of hydrogen-bond donors (Lipinski definition) is 1. The maximum absolute atomic E-state index is 10.2. The van der Waals surface area contributed by atoms with Crippen LogP contribution in [0.15, 0.2) is 6.26 Å². The molecule has 0 fully saturated rings. The van der Waals surface area contributed by atoms with Gasteiger partial charge >= 0.3 is 0 Å². The lowest BCUT2D eigenvalue weighted by Gasteiger charge is -1.95. The van der Waals surface area contributed by atoms with Gasteiger partial charge < -0.3 is 5.11 Å². The van der Waals surface area contributed by atoms with Gasteiger partial charge in [0, 0.05) is 0 Å². The molecule has 6 nitrogen and oxygen atoms in total. The molecular formula is C5H6N4O2. The number of aryl methyl sites for hydroxylation is 1. The number of allylic oxidation sites excluding steroid dienone is 1. The van der Waals surface area contributed by atoms with Gasteiger partial charge in [0.05, 0.1) is 0 Å². The number of hydrogen-bond acceptors (Lipinski definition) is 5. The number of tetrazole rings is 1. The number of carbonyl (C=O) groups is 1. The molecule has 1 aromatic rings. The number of aldehydes is 1. The lowest BCUT2D eigenvalue weighted by Crippen LogP contribution is -2.02. The highest BCUT2D eigenvalue weighted by Gasteiger charge is 2.04. The van der Waals surface area contributed by atoms with Gasteiger partial charge in [0.15, 0.2) is 12.1 Å². The standard InChI is InChI=1S/C5H6N4O2/c1-4-6-7-8-9(4)5(2-10)3-11/h2-3,10H,1H3/b5-2-. The van der Waals surface area contributed by atoms with Gasteiger partial charge in [0.2, 0.25) is 0 Å². The number of aliphatic hydroxyl groups is 1. The van der Waals surface area contributed by atoms with Crippen LogP contribution in [-0.2, 0) is 4.79 Å². The second-order valence-corrected chi connectivity index (χ2v) is 1.81. The van der Waals surface area contributed by atoms with Crippen molar-refractivity contribution in [2.24, 2.45) is 0 Å². The Morgan fingerprint density at radius 3 is 2.82 bits per heavy atom. The van der Waals surface area contributed by atoms with Crippen molar-refractivity contribution in [3.63, 3.8) is 0 Å². The Morgan fingerprint density at radius 2 is 2.45 bits per heavy atom. The topological polar surface area (TPSA) is 80.9 Å². The Labute approximate surface area is 62.1 Å². The quantitative estimate of drug-likeness (QED) is 0.354. The van der Waals surface area contributed by atoms with E-state index in [0.717, 1.165) is 4.68 Å². The fourth-order valence-electron chi connectivity index (χ4n) is 0.605. The van der Waals surface area contributed by atoms with Crippen molar-refractivity contribution in [3.8, 4) is 0 Å². The van der Waals surface area contributed by atoms with E-state index in [1.807, 2.05) is 0 Å². The zero-order valence-corrected chi connectivity index (χ0v) is 5.80. The van der Waals surface area contributed by atoms with E-state index in [-0.39, 0.29) is 5.70 Å². The van der Waals surface area contributed by atoms with Crippen LogP contribution in [0.5, 0.6) is 0 Å². The molecule has 0 aromatic carbocycles. The molecule has 58 valence electrons. The van der Waals surface area contributed by atoms with E-state index in [0.29, 0.717) is 18.4 Å². The highest BCUT2D eigenvalue weighted by atomic mass is 16.2. The summed E-state index contributed by atoms with van der Waals surface area (Å²) in [6, 6.07) is 0. The molecule has 0 unspecified atom stereocenters. The van der Waals surface area contributed by atoms with E-state index in [4.69, 9.17) is 5.11 Å². The second kappa shape index (κ2) is 2.91. The van der Waals surface area contributed by atoms with E-state index in [1.165, 1.54) is 0 Å². The van der Waals surface area contributed by atoms with Crippen LogP contribution in [0.2, 0.25) is 0 Å². The molecule has 0 bridgehead atoms. The third-order valence-electron chi connectivity index (χ3n) is 1.12. The molecule has 0 spiro atoms. The van der Waals surface area contributed by atoms with Crippen LogP contribution in [0.3, 0.4) is 0 Å². The van der Waals surface area contributed by atoms with Gasteiger partial charge in [0.1, 0.15) is 12.0 Å². The summed E-state index contributed by atoms with van der Waals surface area (Å²) in [5.74, 6) is 0.442. The highest BCUT2D eigenvalue weighted by molar-refractivity contribution is 5.97. The first-order chi connectivity index (χ1) is 5.29. The summed E-state index contributed by atoms with van der Waals surface area (Å²) in [7, 11) is 0. The third-order valence-corrected chi connectivity index (χ3v) is 1.12. The van der Waals surface area contributed by atoms with Gasteiger partial charge in [-0.1, -0.05) is 0 Å². The van der Waals surface area contributed by atoms with Crippen molar-refractivity contribution in [1.82, 2.24) is 20.2 Å². The molecule has 11 heavy (non-hydrogen) atoms. The van der Waals surface area contributed by atoms with Crippen LogP contribution >= 0.6 is 0 Å². The minimum absolute atomic E-state index is 0.00694. The van der Waals surface area contributed by atoms with Crippen molar-refractivity contribution >= 4 is 12.0 Å². The molecule has 0 radical (unpaired) electrons. The molecule has 0 saturated heterocycles. The van der Waals surface area contributed by atoms with Crippen LogP contribution in [0, 0.1) is 6.92 Å². The number of rotatable bonds is 2. The van der Waals surface area contributed by atoms with Crippen molar-refractivity contribution in [1.29, 1.82) is 0 Å². The Balaban J connectivity index is 3.09. The second-order valence-electron chi connectivity index (χ2n) is 1.81. The van der Waals surface area contributed by atoms with Crippen LogP contribution in [0.4, 0.5) is 0 Å². The summed E-state index contributed by atoms with van der Waals surface area (Å²) in [5.41, 5.74) is 0.00694. The zero-order chi connectivity index (χ0) is 8.27. The van der Waals surface area contributed by atoms with Crippen LogP contribution < -0.4 is 0 Å². The summed E-state index contributed by atoms with van der Waals surface area (Å²) >= 11 is 0. The number of nitrogens with zero attached hydrogens (tertiary/aromatic N) is 4. The average molecular weight is 154 g/mol. The van der Waals surface area contributed by atoms with Crippen molar-refractivity contribution in [2.75, 3.05) is 0 Å². The molecule has 0 atom stereocenters. The average Bonchev–Trinajstić information content (AvgIpc) is 2.40. The third kappa shape index (κ3) is 1.23. The summed E-state index contributed by atoms with van der Waals surface area (Å²) in [6.07, 6.45) is 1.11. The van der Waals surface area contributed by atoms with Gasteiger partial charge in [-0.25, -0.2) is 0 Å². The minimum atomic E-state index is 0.00694. The molecular weight excluding hydrogens is 148 g/mol. The van der Waals surface area contributed by atoms with Crippen LogP contribution in [-0.4, -0.2) is 31.6 Å². The molecule has 6 heteroatoms. The lowest BCUT2D eigenvalue weighted by molar-refractivity contribution is -0.103. The first-order valence-corrected chi connectivity index (χ1v) is 2.84. The monoisotopic (exact) mass is 154 g/mol. The van der Waals surface area contributed by atoms with Crippen LogP contribution in [0.25, 0.3) is 5.70 Å². The number of aliphatic hydroxyl groups excluding tert-OH is 1. The molecule has 0 saturated carbocycles. The smallest absolute Gasteiger partial charge is 0.171 e. The lowest BCUT2D eigenvalue weighted by atomic mass is 10.5. The van der Waals surface area contributed by atoms with Gasteiger partial charge in [-0.2, -0.15) is 4.68 Å². The van der Waals surface area contributed by atoms with E-state index < -0.39 is 0 Å². The first kappa shape index (κ1) is 7.39. The fourth-order valence-corrected chi connectivity index (χ4v) is 0.605. The summed E-state index contributed by atoms with van der Waals surface area (Å²) < 4.78 is 1.13. The predicted molar refractivity (Wildman–Crippen MR) is 35.5 cm³/mol. The molecule has 1 N–H and O–H groups in total. The van der Waals surface area contributed by atoms with Gasteiger partial charge in [-0.3, -0.25) is 4.79 Å². The molecule has 1 aromatic heterocycles. The Bertz CT molecular complexity index is 290. The minimum Gasteiger partial charge on any atom is -0.513 e. The van der Waals surface area contributed by atoms with Crippen molar-refractivity contribution in [2.45, 2.75) is 6.92 Å². The summed E-state index contributed by atoms with van der Waals surface area (Å²) in [6.45, 7) is 1.62. The van der Waals surface area contributed by atoms with E-state index in [2.05, 4.69) is 15.5 Å². The largest absolute Gasteiger partial charge is 0.513 e.